The molecule has 0 saturated carbocycles. The number of carbonyl (C=O) groups excluding carboxylic acids is 1. The van der Waals surface area contributed by atoms with E-state index in [1.807, 2.05) is 4.90 Å². The minimum atomic E-state index is 0.0167. The molecule has 0 N–H and O–H groups in total. The van der Waals surface area contributed by atoms with Crippen LogP contribution < -0.4 is 19.3 Å². The van der Waals surface area contributed by atoms with Crippen molar-refractivity contribution in [3.05, 3.63) is 35.9 Å². The van der Waals surface area contributed by atoms with Crippen molar-refractivity contribution in [3.8, 4) is 11.5 Å². The molecular weight excluding hydrogens is 448 g/mol. The van der Waals surface area contributed by atoms with Crippen molar-refractivity contribution in [1.82, 2.24) is 20.0 Å². The van der Waals surface area contributed by atoms with Gasteiger partial charge in [-0.2, -0.15) is 0 Å². The Balaban J connectivity index is 0.993. The lowest BCUT2D eigenvalue weighted by molar-refractivity contribution is 0.0712. The summed E-state index contributed by atoms with van der Waals surface area (Å²) in [6, 6.07) is 9.49. The molecule has 0 spiro atoms. The maximum absolute atomic E-state index is 12.9. The SMILES string of the molecule is O=C(c1ccc2c(c1)OCO2)N1CCN(c2ccc(N3CCN(CC4CCCO4)CC3)nn2)CC1. The van der Waals surface area contributed by atoms with E-state index < -0.39 is 0 Å². The molecule has 1 atom stereocenters. The molecule has 10 heteroatoms. The Morgan fingerprint density at radius 1 is 0.857 bits per heavy atom. The summed E-state index contributed by atoms with van der Waals surface area (Å²) in [5.41, 5.74) is 0.628. The summed E-state index contributed by atoms with van der Waals surface area (Å²) < 4.78 is 16.5. The third-order valence-corrected chi connectivity index (χ3v) is 7.33. The Hall–Kier alpha value is -3.11. The van der Waals surface area contributed by atoms with E-state index in [1.54, 1.807) is 18.2 Å². The monoisotopic (exact) mass is 480 g/mol. The fourth-order valence-corrected chi connectivity index (χ4v) is 5.24. The summed E-state index contributed by atoms with van der Waals surface area (Å²) in [5.74, 6) is 3.13. The van der Waals surface area contributed by atoms with Crippen molar-refractivity contribution in [1.29, 1.82) is 0 Å². The molecule has 2 aromatic rings. The van der Waals surface area contributed by atoms with Crippen LogP contribution >= 0.6 is 0 Å². The predicted octanol–water partition coefficient (Wildman–Crippen LogP) is 1.47. The molecule has 35 heavy (non-hydrogen) atoms. The van der Waals surface area contributed by atoms with Crippen LogP contribution in [0, 0.1) is 0 Å². The zero-order valence-electron chi connectivity index (χ0n) is 20.0. The first-order valence-electron chi connectivity index (χ1n) is 12.6. The fraction of sp³-hybridized carbons (Fsp3) is 0.560. The number of anilines is 2. The average molecular weight is 481 g/mol. The molecule has 1 aromatic heterocycles. The quantitative estimate of drug-likeness (QED) is 0.632. The van der Waals surface area contributed by atoms with Crippen LogP contribution in [0.2, 0.25) is 0 Å². The zero-order chi connectivity index (χ0) is 23.6. The molecule has 0 bridgehead atoms. The van der Waals surface area contributed by atoms with Crippen molar-refractivity contribution in [2.45, 2.75) is 18.9 Å². The van der Waals surface area contributed by atoms with E-state index in [0.717, 1.165) is 64.1 Å². The minimum Gasteiger partial charge on any atom is -0.454 e. The molecule has 6 rings (SSSR count). The lowest BCUT2D eigenvalue weighted by atomic mass is 10.1. The van der Waals surface area contributed by atoms with E-state index in [0.29, 0.717) is 36.3 Å². The number of aromatic nitrogens is 2. The van der Waals surface area contributed by atoms with Gasteiger partial charge in [-0.3, -0.25) is 9.69 Å². The topological polar surface area (TPSA) is 83.5 Å². The second-order valence-corrected chi connectivity index (χ2v) is 9.52. The normalized spacial score (nSPS) is 22.6. The van der Waals surface area contributed by atoms with Crippen LogP contribution in [-0.2, 0) is 4.74 Å². The van der Waals surface area contributed by atoms with Crippen LogP contribution in [0.15, 0.2) is 30.3 Å². The average Bonchev–Trinajstić information content (AvgIpc) is 3.61. The standard InChI is InChI=1S/C25H32N6O4/c32-25(19-3-4-21-22(16-19)35-18-34-21)31-13-11-30(12-14-31)24-6-5-23(26-27-24)29-9-7-28(8-10-29)17-20-2-1-15-33-20/h3-6,16,20H,1-2,7-15,17-18H2. The molecule has 1 aromatic carbocycles. The van der Waals surface area contributed by atoms with E-state index in [1.165, 1.54) is 12.8 Å². The van der Waals surface area contributed by atoms with Crippen LogP contribution in [0.1, 0.15) is 23.2 Å². The number of piperazine rings is 2. The minimum absolute atomic E-state index is 0.0167. The number of hydrogen-bond acceptors (Lipinski definition) is 9. The first kappa shape index (κ1) is 22.4. The molecule has 3 fully saturated rings. The number of ether oxygens (including phenoxy) is 3. The maximum atomic E-state index is 12.9. The van der Waals surface area contributed by atoms with Crippen molar-refractivity contribution in [3.63, 3.8) is 0 Å². The molecule has 186 valence electrons. The number of fused-ring (bicyclic) bond motifs is 1. The van der Waals surface area contributed by atoms with Gasteiger partial charge in [-0.25, -0.2) is 0 Å². The summed E-state index contributed by atoms with van der Waals surface area (Å²) >= 11 is 0. The molecule has 10 nitrogen and oxygen atoms in total. The van der Waals surface area contributed by atoms with Gasteiger partial charge in [0.05, 0.1) is 6.10 Å². The lowest BCUT2D eigenvalue weighted by Crippen LogP contribution is -2.49. The van der Waals surface area contributed by atoms with Gasteiger partial charge in [-0.05, 0) is 43.2 Å². The van der Waals surface area contributed by atoms with Gasteiger partial charge in [0, 0.05) is 71.1 Å². The Bertz CT molecular complexity index is 1030. The van der Waals surface area contributed by atoms with E-state index in [-0.39, 0.29) is 12.7 Å². The zero-order valence-corrected chi connectivity index (χ0v) is 20.0. The van der Waals surface area contributed by atoms with Gasteiger partial charge >= 0.3 is 0 Å². The van der Waals surface area contributed by atoms with E-state index >= 15 is 0 Å². The van der Waals surface area contributed by atoms with E-state index in [2.05, 4.69) is 37.0 Å². The molecule has 1 amide bonds. The van der Waals surface area contributed by atoms with Crippen LogP contribution in [-0.4, -0.2) is 104 Å². The van der Waals surface area contributed by atoms with Crippen molar-refractivity contribution >= 4 is 17.5 Å². The summed E-state index contributed by atoms with van der Waals surface area (Å²) in [5, 5.41) is 9.04. The molecule has 3 saturated heterocycles. The van der Waals surface area contributed by atoms with Crippen molar-refractivity contribution in [2.24, 2.45) is 0 Å². The second kappa shape index (κ2) is 9.87. The van der Waals surface area contributed by atoms with Crippen molar-refractivity contribution in [2.75, 3.05) is 82.1 Å². The third-order valence-electron chi connectivity index (χ3n) is 7.33. The van der Waals surface area contributed by atoms with Crippen LogP contribution in [0.4, 0.5) is 11.6 Å². The van der Waals surface area contributed by atoms with E-state index in [9.17, 15) is 4.79 Å². The lowest BCUT2D eigenvalue weighted by Gasteiger charge is -2.37. The van der Waals surface area contributed by atoms with Crippen LogP contribution in [0.3, 0.4) is 0 Å². The summed E-state index contributed by atoms with van der Waals surface area (Å²) in [7, 11) is 0. The largest absolute Gasteiger partial charge is 0.454 e. The van der Waals surface area contributed by atoms with Gasteiger partial charge in [0.25, 0.3) is 5.91 Å². The van der Waals surface area contributed by atoms with Gasteiger partial charge in [-0.15, -0.1) is 10.2 Å². The molecule has 4 aliphatic rings. The first-order chi connectivity index (χ1) is 17.2. The van der Waals surface area contributed by atoms with Gasteiger partial charge in [0.2, 0.25) is 6.79 Å². The maximum Gasteiger partial charge on any atom is 0.254 e. The fourth-order valence-electron chi connectivity index (χ4n) is 5.24. The molecule has 1 unspecified atom stereocenters. The van der Waals surface area contributed by atoms with Gasteiger partial charge in [0.15, 0.2) is 23.1 Å². The molecule has 4 aliphatic heterocycles. The number of rotatable bonds is 5. The Morgan fingerprint density at radius 2 is 1.54 bits per heavy atom. The highest BCUT2D eigenvalue weighted by Gasteiger charge is 2.26. The van der Waals surface area contributed by atoms with Gasteiger partial charge in [0.1, 0.15) is 0 Å². The number of benzene rings is 1. The third kappa shape index (κ3) is 4.85. The highest BCUT2D eigenvalue weighted by atomic mass is 16.7. The Kier molecular flexibility index (Phi) is 6.30. The summed E-state index contributed by atoms with van der Waals surface area (Å²) in [6.07, 6.45) is 2.79. The molecule has 0 aliphatic carbocycles. The number of amides is 1. The Morgan fingerprint density at radius 3 is 2.20 bits per heavy atom. The molecular formula is C25H32N6O4. The predicted molar refractivity (Wildman–Crippen MR) is 130 cm³/mol. The van der Waals surface area contributed by atoms with E-state index in [4.69, 9.17) is 14.2 Å². The van der Waals surface area contributed by atoms with Crippen LogP contribution in [0.5, 0.6) is 11.5 Å². The van der Waals surface area contributed by atoms with Crippen molar-refractivity contribution < 1.29 is 19.0 Å². The first-order valence-corrected chi connectivity index (χ1v) is 12.6. The van der Waals surface area contributed by atoms with Gasteiger partial charge in [-0.1, -0.05) is 0 Å². The summed E-state index contributed by atoms with van der Waals surface area (Å²) in [6.45, 7) is 8.89. The number of carbonyl (C=O) groups is 1. The smallest absolute Gasteiger partial charge is 0.254 e. The Labute approximate surface area is 205 Å². The molecule has 5 heterocycles. The number of hydrogen-bond donors (Lipinski definition) is 0. The van der Waals surface area contributed by atoms with Crippen LogP contribution in [0.25, 0.3) is 0 Å². The highest BCUT2D eigenvalue weighted by Crippen LogP contribution is 2.33. The van der Waals surface area contributed by atoms with Gasteiger partial charge < -0.3 is 28.9 Å². The summed E-state index contributed by atoms with van der Waals surface area (Å²) in [4.78, 5) is 21.8. The second-order valence-electron chi connectivity index (χ2n) is 9.52. The highest BCUT2D eigenvalue weighted by molar-refractivity contribution is 5.95. The molecule has 0 radical (unpaired) electrons. The number of nitrogens with zero attached hydrogens (tertiary/aromatic N) is 6.